The van der Waals surface area contributed by atoms with Crippen molar-refractivity contribution in [2.45, 2.75) is 23.6 Å². The van der Waals surface area contributed by atoms with Gasteiger partial charge in [0.1, 0.15) is 5.82 Å². The molecule has 0 bridgehead atoms. The second-order valence-electron chi connectivity index (χ2n) is 4.62. The molecule has 0 aromatic heterocycles. The van der Waals surface area contributed by atoms with Gasteiger partial charge in [-0.25, -0.2) is 4.39 Å². The molecule has 1 atom stereocenters. The molecule has 0 radical (unpaired) electrons. The van der Waals surface area contributed by atoms with Crippen LogP contribution in [0, 0.1) is 5.82 Å². The molecule has 0 aliphatic carbocycles. The summed E-state index contributed by atoms with van der Waals surface area (Å²) in [6.07, 6.45) is 0. The van der Waals surface area contributed by atoms with Gasteiger partial charge in [0.05, 0.1) is 4.47 Å². The van der Waals surface area contributed by atoms with Crippen molar-refractivity contribution in [3.63, 3.8) is 0 Å². The largest absolute Gasteiger partial charge is 0.313 e. The van der Waals surface area contributed by atoms with Gasteiger partial charge in [0.15, 0.2) is 0 Å². The van der Waals surface area contributed by atoms with E-state index < -0.39 is 0 Å². The van der Waals surface area contributed by atoms with E-state index in [0.29, 0.717) is 10.5 Å². The van der Waals surface area contributed by atoms with E-state index >= 15 is 0 Å². The van der Waals surface area contributed by atoms with Gasteiger partial charge in [0.25, 0.3) is 0 Å². The van der Waals surface area contributed by atoms with Gasteiger partial charge in [-0.05, 0) is 65.3 Å². The highest BCUT2D eigenvalue weighted by Gasteiger charge is 2.05. The number of hydrogen-bond donors (Lipinski definition) is 1. The summed E-state index contributed by atoms with van der Waals surface area (Å²) in [7, 11) is 1.96. The number of hydrogen-bond acceptors (Lipinski definition) is 2. The van der Waals surface area contributed by atoms with Crippen LogP contribution in [0.5, 0.6) is 0 Å². The number of nitrogens with one attached hydrogen (secondary N) is 1. The Kier molecular flexibility index (Phi) is 5.64. The molecular formula is C16H17BrFNS. The van der Waals surface area contributed by atoms with Crippen molar-refractivity contribution in [3.05, 3.63) is 63.9 Å². The molecule has 0 saturated heterocycles. The van der Waals surface area contributed by atoms with Gasteiger partial charge < -0.3 is 5.32 Å². The van der Waals surface area contributed by atoms with E-state index in [1.807, 2.05) is 19.2 Å². The molecule has 0 amide bonds. The normalized spacial score (nSPS) is 12.4. The molecule has 1 N–H and O–H groups in total. The van der Waals surface area contributed by atoms with E-state index in [1.165, 1.54) is 16.5 Å². The second-order valence-corrected chi connectivity index (χ2v) is 6.52. The van der Waals surface area contributed by atoms with Crippen molar-refractivity contribution in [2.75, 3.05) is 7.05 Å². The fourth-order valence-corrected chi connectivity index (χ4v) is 3.17. The third kappa shape index (κ3) is 4.08. The first-order chi connectivity index (χ1) is 9.60. The van der Waals surface area contributed by atoms with E-state index in [0.717, 1.165) is 11.3 Å². The van der Waals surface area contributed by atoms with Crippen molar-refractivity contribution in [1.29, 1.82) is 0 Å². The molecule has 2 aromatic rings. The van der Waals surface area contributed by atoms with Crippen LogP contribution in [0.4, 0.5) is 4.39 Å². The van der Waals surface area contributed by atoms with E-state index in [1.54, 1.807) is 11.8 Å². The van der Waals surface area contributed by atoms with E-state index in [4.69, 9.17) is 0 Å². The fraction of sp³-hybridized carbons (Fsp3) is 0.250. The van der Waals surface area contributed by atoms with Crippen LogP contribution in [-0.2, 0) is 5.75 Å². The van der Waals surface area contributed by atoms with E-state index in [9.17, 15) is 4.39 Å². The Bertz CT molecular complexity index is 588. The zero-order valence-electron chi connectivity index (χ0n) is 11.5. The first-order valence-electron chi connectivity index (χ1n) is 6.44. The Labute approximate surface area is 132 Å². The zero-order valence-corrected chi connectivity index (χ0v) is 13.9. The molecular weight excluding hydrogens is 337 g/mol. The molecule has 0 aliphatic heterocycles. The lowest BCUT2D eigenvalue weighted by Crippen LogP contribution is -2.11. The van der Waals surface area contributed by atoms with Crippen LogP contribution >= 0.6 is 27.7 Å². The van der Waals surface area contributed by atoms with Gasteiger partial charge in [-0.3, -0.25) is 0 Å². The SMILES string of the molecule is CNC(C)c1cccc(SCc2ccc(F)c(Br)c2)c1. The minimum absolute atomic E-state index is 0.219. The standard InChI is InChI=1S/C16H17BrFNS/c1-11(19-2)13-4-3-5-14(9-13)20-10-12-6-7-16(18)15(17)8-12/h3-9,11,19H,10H2,1-2H3. The molecule has 0 saturated carbocycles. The summed E-state index contributed by atoms with van der Waals surface area (Å²) < 4.78 is 13.7. The number of thioether (sulfide) groups is 1. The molecule has 0 aliphatic rings. The number of halogens is 2. The second kappa shape index (κ2) is 7.25. The molecule has 1 unspecified atom stereocenters. The minimum Gasteiger partial charge on any atom is -0.313 e. The van der Waals surface area contributed by atoms with Crippen LogP contribution in [0.3, 0.4) is 0 Å². The lowest BCUT2D eigenvalue weighted by Gasteiger charge is -2.12. The predicted octanol–water partition coefficient (Wildman–Crippen LogP) is 5.16. The summed E-state index contributed by atoms with van der Waals surface area (Å²) in [4.78, 5) is 1.23. The average Bonchev–Trinajstić information content (AvgIpc) is 2.48. The molecule has 4 heteroatoms. The molecule has 2 rings (SSSR count). The van der Waals surface area contributed by atoms with E-state index in [2.05, 4.69) is 52.4 Å². The smallest absolute Gasteiger partial charge is 0.137 e. The summed E-state index contributed by atoms with van der Waals surface area (Å²) >= 11 is 4.98. The van der Waals surface area contributed by atoms with Crippen molar-refractivity contribution in [2.24, 2.45) is 0 Å². The third-order valence-electron chi connectivity index (χ3n) is 3.18. The molecule has 20 heavy (non-hydrogen) atoms. The van der Waals surface area contributed by atoms with E-state index in [-0.39, 0.29) is 5.82 Å². The maximum atomic E-state index is 13.2. The Morgan fingerprint density at radius 1 is 1.25 bits per heavy atom. The lowest BCUT2D eigenvalue weighted by atomic mass is 10.1. The van der Waals surface area contributed by atoms with Crippen molar-refractivity contribution >= 4 is 27.7 Å². The Balaban J connectivity index is 2.05. The summed E-state index contributed by atoms with van der Waals surface area (Å²) in [6.45, 7) is 2.14. The lowest BCUT2D eigenvalue weighted by molar-refractivity contribution is 0.620. The van der Waals surface area contributed by atoms with Gasteiger partial charge in [-0.1, -0.05) is 18.2 Å². The number of rotatable bonds is 5. The monoisotopic (exact) mass is 353 g/mol. The summed E-state index contributed by atoms with van der Waals surface area (Å²) in [5, 5.41) is 3.24. The van der Waals surface area contributed by atoms with Gasteiger partial charge >= 0.3 is 0 Å². The molecule has 1 nitrogen and oxygen atoms in total. The predicted molar refractivity (Wildman–Crippen MR) is 87.6 cm³/mol. The fourth-order valence-electron chi connectivity index (χ4n) is 1.84. The summed E-state index contributed by atoms with van der Waals surface area (Å²) in [5.74, 6) is 0.611. The summed E-state index contributed by atoms with van der Waals surface area (Å²) in [5.41, 5.74) is 2.38. The van der Waals surface area contributed by atoms with Crippen molar-refractivity contribution in [3.8, 4) is 0 Å². The first-order valence-corrected chi connectivity index (χ1v) is 8.22. The molecule has 106 valence electrons. The van der Waals surface area contributed by atoms with Crippen molar-refractivity contribution in [1.82, 2.24) is 5.32 Å². The van der Waals surface area contributed by atoms with Crippen LogP contribution in [0.2, 0.25) is 0 Å². The molecule has 0 heterocycles. The maximum Gasteiger partial charge on any atom is 0.137 e. The van der Waals surface area contributed by atoms with Gasteiger partial charge in [-0.2, -0.15) is 0 Å². The van der Waals surface area contributed by atoms with Gasteiger partial charge in [0.2, 0.25) is 0 Å². The van der Waals surface area contributed by atoms with Crippen LogP contribution < -0.4 is 5.32 Å². The minimum atomic E-state index is -0.219. The topological polar surface area (TPSA) is 12.0 Å². The van der Waals surface area contributed by atoms with Crippen LogP contribution in [-0.4, -0.2) is 7.05 Å². The van der Waals surface area contributed by atoms with Crippen LogP contribution in [0.15, 0.2) is 51.8 Å². The third-order valence-corrected chi connectivity index (χ3v) is 4.85. The Morgan fingerprint density at radius 2 is 2.05 bits per heavy atom. The van der Waals surface area contributed by atoms with Crippen LogP contribution in [0.25, 0.3) is 0 Å². The van der Waals surface area contributed by atoms with Crippen LogP contribution in [0.1, 0.15) is 24.1 Å². The first kappa shape index (κ1) is 15.5. The molecule has 0 fully saturated rings. The highest BCUT2D eigenvalue weighted by molar-refractivity contribution is 9.10. The summed E-state index contributed by atoms with van der Waals surface area (Å²) in [6, 6.07) is 14.0. The quantitative estimate of drug-likeness (QED) is 0.745. The van der Waals surface area contributed by atoms with Crippen molar-refractivity contribution < 1.29 is 4.39 Å². The molecule has 0 spiro atoms. The zero-order chi connectivity index (χ0) is 14.5. The maximum absolute atomic E-state index is 13.2. The molecule has 2 aromatic carbocycles. The average molecular weight is 354 g/mol. The Morgan fingerprint density at radius 3 is 2.75 bits per heavy atom. The highest BCUT2D eigenvalue weighted by atomic mass is 79.9. The highest BCUT2D eigenvalue weighted by Crippen LogP contribution is 2.27. The van der Waals surface area contributed by atoms with Gasteiger partial charge in [0, 0.05) is 16.7 Å². The number of benzene rings is 2. The Hall–Kier alpha value is -0.840. The van der Waals surface area contributed by atoms with Gasteiger partial charge in [-0.15, -0.1) is 11.8 Å².